The molecule has 0 radical (unpaired) electrons. The van der Waals surface area contributed by atoms with Gasteiger partial charge in [0.25, 0.3) is 0 Å². The third-order valence-electron chi connectivity index (χ3n) is 2.29. The van der Waals surface area contributed by atoms with Crippen molar-refractivity contribution in [1.29, 1.82) is 0 Å². The van der Waals surface area contributed by atoms with Crippen molar-refractivity contribution in [1.82, 2.24) is 25.3 Å². The van der Waals surface area contributed by atoms with Gasteiger partial charge in [-0.3, -0.25) is 0 Å². The fourth-order valence-electron chi connectivity index (χ4n) is 1.75. The zero-order valence-electron chi connectivity index (χ0n) is 9.75. The number of hydrogen-bond donors (Lipinski definition) is 1. The minimum atomic E-state index is 0.390. The molecule has 6 nitrogen and oxygen atoms in total. The molecule has 16 heavy (non-hydrogen) atoms. The van der Waals surface area contributed by atoms with E-state index in [1.165, 1.54) is 4.63 Å². The van der Waals surface area contributed by atoms with Gasteiger partial charge in [-0.2, -0.15) is 0 Å². The molecule has 2 heterocycles. The molecule has 0 bridgehead atoms. The third kappa shape index (κ3) is 2.44. The molecule has 1 atom stereocenters. The lowest BCUT2D eigenvalue weighted by atomic mass is 10.1. The van der Waals surface area contributed by atoms with E-state index in [4.69, 9.17) is 0 Å². The van der Waals surface area contributed by atoms with Gasteiger partial charge in [0.2, 0.25) is 0 Å². The van der Waals surface area contributed by atoms with Gasteiger partial charge in [0.1, 0.15) is 5.82 Å². The molecule has 0 spiro atoms. The Hall–Kier alpha value is -1.72. The van der Waals surface area contributed by atoms with Crippen molar-refractivity contribution >= 4 is 11.5 Å². The zero-order valence-corrected chi connectivity index (χ0v) is 9.75. The summed E-state index contributed by atoms with van der Waals surface area (Å²) >= 11 is 0. The van der Waals surface area contributed by atoms with Crippen molar-refractivity contribution in [3.05, 3.63) is 12.1 Å². The summed E-state index contributed by atoms with van der Waals surface area (Å²) in [7, 11) is 0. The molecule has 2 aromatic rings. The summed E-state index contributed by atoms with van der Waals surface area (Å²) in [5.74, 6) is 1.47. The maximum absolute atomic E-state index is 4.25. The largest absolute Gasteiger partial charge is 0.366 e. The molecule has 2 aromatic heterocycles. The number of aromatic nitrogens is 5. The van der Waals surface area contributed by atoms with E-state index >= 15 is 0 Å². The molecule has 0 saturated carbocycles. The lowest BCUT2D eigenvalue weighted by molar-refractivity contribution is 0.537. The molecule has 0 aliphatic rings. The molecule has 2 rings (SSSR count). The summed E-state index contributed by atoms with van der Waals surface area (Å²) in [6, 6.07) is 4.13. The highest BCUT2D eigenvalue weighted by atomic mass is 15.6. The van der Waals surface area contributed by atoms with Gasteiger partial charge in [-0.1, -0.05) is 13.8 Å². The highest BCUT2D eigenvalue weighted by Gasteiger charge is 2.06. The molecule has 0 aliphatic carbocycles. The number of fused-ring (bicyclic) bond motifs is 1. The van der Waals surface area contributed by atoms with Crippen LogP contribution < -0.4 is 5.32 Å². The first kappa shape index (κ1) is 10.8. The molecule has 1 N–H and O–H groups in total. The first-order chi connectivity index (χ1) is 7.65. The Labute approximate surface area is 94.0 Å². The minimum absolute atomic E-state index is 0.390. The molecule has 6 heteroatoms. The number of rotatable bonds is 4. The Morgan fingerprint density at radius 3 is 2.88 bits per heavy atom. The smallest absolute Gasteiger partial charge is 0.200 e. The number of nitrogens with one attached hydrogen (secondary N) is 1. The zero-order chi connectivity index (χ0) is 11.5. The Morgan fingerprint density at radius 1 is 1.31 bits per heavy atom. The summed E-state index contributed by atoms with van der Waals surface area (Å²) in [6.07, 6.45) is 1.11. The van der Waals surface area contributed by atoms with Gasteiger partial charge in [0, 0.05) is 6.04 Å². The van der Waals surface area contributed by atoms with Gasteiger partial charge in [-0.15, -0.1) is 14.8 Å². The fourth-order valence-corrected chi connectivity index (χ4v) is 1.75. The van der Waals surface area contributed by atoms with E-state index in [1.807, 2.05) is 12.1 Å². The highest BCUT2D eigenvalue weighted by molar-refractivity contribution is 5.42. The Balaban J connectivity index is 2.08. The predicted octanol–water partition coefficient (Wildman–Crippen LogP) is 1.37. The van der Waals surface area contributed by atoms with E-state index in [-0.39, 0.29) is 0 Å². The van der Waals surface area contributed by atoms with Crippen LogP contribution in [0, 0.1) is 5.92 Å². The van der Waals surface area contributed by atoms with E-state index < -0.39 is 0 Å². The summed E-state index contributed by atoms with van der Waals surface area (Å²) in [5.41, 5.74) is 0.655. The molecule has 0 aliphatic heterocycles. The first-order valence-electron chi connectivity index (χ1n) is 5.47. The molecule has 86 valence electrons. The minimum Gasteiger partial charge on any atom is -0.366 e. The van der Waals surface area contributed by atoms with Crippen LogP contribution in [0.5, 0.6) is 0 Å². The van der Waals surface area contributed by atoms with Crippen LogP contribution in [0.25, 0.3) is 5.65 Å². The van der Waals surface area contributed by atoms with Gasteiger partial charge in [0.05, 0.1) is 0 Å². The summed E-state index contributed by atoms with van der Waals surface area (Å²) in [4.78, 5) is 0. The van der Waals surface area contributed by atoms with E-state index in [0.29, 0.717) is 17.6 Å². The van der Waals surface area contributed by atoms with Crippen molar-refractivity contribution in [2.45, 2.75) is 33.2 Å². The maximum Gasteiger partial charge on any atom is 0.200 e. The van der Waals surface area contributed by atoms with E-state index in [1.54, 1.807) is 0 Å². The molecule has 1 unspecified atom stereocenters. The van der Waals surface area contributed by atoms with Crippen molar-refractivity contribution < 1.29 is 0 Å². The summed E-state index contributed by atoms with van der Waals surface area (Å²) < 4.78 is 1.42. The van der Waals surface area contributed by atoms with Crippen LogP contribution in [0.15, 0.2) is 12.1 Å². The van der Waals surface area contributed by atoms with Gasteiger partial charge in [-0.25, -0.2) is 0 Å². The highest BCUT2D eigenvalue weighted by Crippen LogP contribution is 2.10. The van der Waals surface area contributed by atoms with E-state index in [9.17, 15) is 0 Å². The standard InChI is InChI=1S/C10H16N6/c1-7(2)6-8(3)11-9-4-5-10-12-14-15-16(10)13-9/h4-5,7-8H,6H2,1-3H3,(H,11,13). The van der Waals surface area contributed by atoms with E-state index in [0.717, 1.165) is 12.2 Å². The van der Waals surface area contributed by atoms with Crippen molar-refractivity contribution in [3.63, 3.8) is 0 Å². The quantitative estimate of drug-likeness (QED) is 0.842. The number of tetrazole rings is 1. The van der Waals surface area contributed by atoms with Crippen LogP contribution in [0.2, 0.25) is 0 Å². The lowest BCUT2D eigenvalue weighted by Gasteiger charge is -2.15. The topological polar surface area (TPSA) is 68.0 Å². The second-order valence-corrected chi connectivity index (χ2v) is 4.42. The Kier molecular flexibility index (Phi) is 2.98. The van der Waals surface area contributed by atoms with Gasteiger partial charge in [0.15, 0.2) is 5.65 Å². The van der Waals surface area contributed by atoms with Crippen molar-refractivity contribution in [2.24, 2.45) is 5.92 Å². The summed E-state index contributed by atoms with van der Waals surface area (Å²) in [5, 5.41) is 18.7. The van der Waals surface area contributed by atoms with Crippen LogP contribution in [0.4, 0.5) is 5.82 Å². The number of anilines is 1. The van der Waals surface area contributed by atoms with Gasteiger partial charge >= 0.3 is 0 Å². The molecule has 0 aromatic carbocycles. The average Bonchev–Trinajstić information content (AvgIpc) is 2.63. The van der Waals surface area contributed by atoms with Crippen LogP contribution >= 0.6 is 0 Å². The van der Waals surface area contributed by atoms with Crippen LogP contribution in [0.1, 0.15) is 27.2 Å². The molecule has 0 amide bonds. The van der Waals surface area contributed by atoms with Crippen LogP contribution in [-0.4, -0.2) is 31.3 Å². The number of nitrogens with zero attached hydrogens (tertiary/aromatic N) is 5. The molecular weight excluding hydrogens is 204 g/mol. The third-order valence-corrected chi connectivity index (χ3v) is 2.29. The summed E-state index contributed by atoms with van der Waals surface area (Å²) in [6.45, 7) is 6.55. The van der Waals surface area contributed by atoms with Crippen LogP contribution in [0.3, 0.4) is 0 Å². The maximum atomic E-state index is 4.25. The van der Waals surface area contributed by atoms with Gasteiger partial charge in [-0.05, 0) is 41.8 Å². The van der Waals surface area contributed by atoms with E-state index in [2.05, 4.69) is 46.7 Å². The molecule has 0 saturated heterocycles. The predicted molar refractivity (Wildman–Crippen MR) is 61.1 cm³/mol. The Bertz CT molecular complexity index is 463. The Morgan fingerprint density at radius 2 is 2.12 bits per heavy atom. The van der Waals surface area contributed by atoms with Crippen molar-refractivity contribution in [3.8, 4) is 0 Å². The monoisotopic (exact) mass is 220 g/mol. The van der Waals surface area contributed by atoms with Gasteiger partial charge < -0.3 is 5.32 Å². The number of hydrogen-bond acceptors (Lipinski definition) is 5. The normalized spacial score (nSPS) is 13.2. The van der Waals surface area contributed by atoms with Crippen molar-refractivity contribution in [2.75, 3.05) is 5.32 Å². The lowest BCUT2D eigenvalue weighted by Crippen LogP contribution is -2.18. The second kappa shape index (κ2) is 4.42. The van der Waals surface area contributed by atoms with Crippen LogP contribution in [-0.2, 0) is 0 Å². The molecule has 0 fully saturated rings. The first-order valence-corrected chi connectivity index (χ1v) is 5.47. The second-order valence-electron chi connectivity index (χ2n) is 4.42. The molecular formula is C10H16N6. The SMILES string of the molecule is CC(C)CC(C)Nc1ccc2nnnn2n1. The fraction of sp³-hybridized carbons (Fsp3) is 0.600. The average molecular weight is 220 g/mol.